The zero-order valence-electron chi connectivity index (χ0n) is 19.4. The highest BCUT2D eigenvalue weighted by Crippen LogP contribution is 2.27. The second-order valence-electron chi connectivity index (χ2n) is 8.23. The molecule has 2 aromatic carbocycles. The summed E-state index contributed by atoms with van der Waals surface area (Å²) in [6.45, 7) is 11.0. The van der Waals surface area contributed by atoms with Crippen molar-refractivity contribution in [3.05, 3.63) is 77.4 Å². The first-order valence-electron chi connectivity index (χ1n) is 11.3. The van der Waals surface area contributed by atoms with Crippen molar-refractivity contribution in [2.45, 2.75) is 20.8 Å². The van der Waals surface area contributed by atoms with Crippen LogP contribution >= 0.6 is 0 Å². The summed E-state index contributed by atoms with van der Waals surface area (Å²) in [6, 6.07) is 14.1. The second-order valence-corrected chi connectivity index (χ2v) is 8.23. The normalized spacial score (nSPS) is 14.7. The molecule has 1 aliphatic rings. The first-order valence-corrected chi connectivity index (χ1v) is 11.3. The fourth-order valence-electron chi connectivity index (χ4n) is 4.22. The number of aromatic nitrogens is 2. The number of anilines is 2. The van der Waals surface area contributed by atoms with E-state index in [1.165, 1.54) is 18.2 Å². The standard InChI is InChI=1S/C26H30FN5O/c1-4-30-15-17-31(18-16-30)25-8-6-5-7-24(25)28-26(33)14-13-23-19(2)29-32(20(23)3)22-11-9-21(27)10-12-22/h5-14H,4,15-18H2,1-3H3,(H,28,33)/b14-13+. The third kappa shape index (κ3) is 5.14. The van der Waals surface area contributed by atoms with Crippen molar-refractivity contribution in [2.24, 2.45) is 0 Å². The van der Waals surface area contributed by atoms with E-state index < -0.39 is 0 Å². The molecule has 1 amide bonds. The van der Waals surface area contributed by atoms with Crippen LogP contribution in [0.5, 0.6) is 0 Å². The molecule has 0 atom stereocenters. The smallest absolute Gasteiger partial charge is 0.248 e. The average Bonchev–Trinajstić information content (AvgIpc) is 3.11. The molecular weight excluding hydrogens is 417 g/mol. The van der Waals surface area contributed by atoms with E-state index in [4.69, 9.17) is 0 Å². The van der Waals surface area contributed by atoms with Gasteiger partial charge in [-0.2, -0.15) is 5.10 Å². The lowest BCUT2D eigenvalue weighted by atomic mass is 10.1. The molecule has 0 saturated carbocycles. The van der Waals surface area contributed by atoms with E-state index in [9.17, 15) is 9.18 Å². The maximum absolute atomic E-state index is 13.3. The van der Waals surface area contributed by atoms with E-state index >= 15 is 0 Å². The Morgan fingerprint density at radius 1 is 1.06 bits per heavy atom. The number of nitrogens with one attached hydrogen (secondary N) is 1. The summed E-state index contributed by atoms with van der Waals surface area (Å²) in [6.07, 6.45) is 3.33. The van der Waals surface area contributed by atoms with E-state index in [0.717, 1.165) is 66.7 Å². The summed E-state index contributed by atoms with van der Waals surface area (Å²) < 4.78 is 15.0. The first kappa shape index (κ1) is 22.7. The molecule has 3 aromatic rings. The molecule has 6 nitrogen and oxygen atoms in total. The van der Waals surface area contributed by atoms with Crippen LogP contribution in [0.3, 0.4) is 0 Å². The van der Waals surface area contributed by atoms with Crippen LogP contribution in [0.4, 0.5) is 15.8 Å². The summed E-state index contributed by atoms with van der Waals surface area (Å²) in [5.41, 5.74) is 5.20. The molecule has 1 aromatic heterocycles. The number of likely N-dealkylation sites (N-methyl/N-ethyl adjacent to an activating group) is 1. The number of carbonyl (C=O) groups excluding carboxylic acids is 1. The molecule has 1 saturated heterocycles. The summed E-state index contributed by atoms with van der Waals surface area (Å²) in [5, 5.41) is 7.60. The van der Waals surface area contributed by atoms with Crippen molar-refractivity contribution in [1.29, 1.82) is 0 Å². The van der Waals surface area contributed by atoms with E-state index in [1.807, 2.05) is 32.0 Å². The number of nitrogens with zero attached hydrogens (tertiary/aromatic N) is 4. The lowest BCUT2D eigenvalue weighted by Crippen LogP contribution is -2.46. The molecule has 33 heavy (non-hydrogen) atoms. The lowest BCUT2D eigenvalue weighted by molar-refractivity contribution is -0.111. The minimum atomic E-state index is -0.287. The quantitative estimate of drug-likeness (QED) is 0.569. The molecule has 0 aliphatic carbocycles. The van der Waals surface area contributed by atoms with Gasteiger partial charge in [0.1, 0.15) is 5.82 Å². The third-order valence-corrected chi connectivity index (χ3v) is 6.14. The predicted octanol–water partition coefficient (Wildman–Crippen LogP) is 4.42. The highest BCUT2D eigenvalue weighted by atomic mass is 19.1. The largest absolute Gasteiger partial charge is 0.367 e. The Kier molecular flexibility index (Phi) is 6.89. The molecule has 0 spiro atoms. The molecule has 1 aliphatic heterocycles. The molecule has 4 rings (SSSR count). The Balaban J connectivity index is 1.48. The molecule has 7 heteroatoms. The van der Waals surface area contributed by atoms with Gasteiger partial charge in [-0.25, -0.2) is 9.07 Å². The fourth-order valence-corrected chi connectivity index (χ4v) is 4.22. The van der Waals surface area contributed by atoms with Crippen LogP contribution in [0.15, 0.2) is 54.6 Å². The Morgan fingerprint density at radius 3 is 2.45 bits per heavy atom. The zero-order chi connectivity index (χ0) is 23.4. The van der Waals surface area contributed by atoms with Gasteiger partial charge in [-0.15, -0.1) is 0 Å². The molecule has 172 valence electrons. The molecule has 1 fully saturated rings. The summed E-state index contributed by atoms with van der Waals surface area (Å²) >= 11 is 0. The lowest BCUT2D eigenvalue weighted by Gasteiger charge is -2.36. The highest BCUT2D eigenvalue weighted by molar-refractivity contribution is 6.04. The van der Waals surface area contributed by atoms with Crippen molar-refractivity contribution in [1.82, 2.24) is 14.7 Å². The van der Waals surface area contributed by atoms with Crippen molar-refractivity contribution in [3.8, 4) is 5.69 Å². The Hall–Kier alpha value is -3.45. The van der Waals surface area contributed by atoms with Gasteiger partial charge >= 0.3 is 0 Å². The number of carbonyl (C=O) groups is 1. The fraction of sp³-hybridized carbons (Fsp3) is 0.308. The Labute approximate surface area is 194 Å². The van der Waals surface area contributed by atoms with Gasteiger partial charge in [-0.3, -0.25) is 4.79 Å². The monoisotopic (exact) mass is 447 g/mol. The average molecular weight is 448 g/mol. The number of halogens is 1. The molecule has 0 unspecified atom stereocenters. The second kappa shape index (κ2) is 10.0. The van der Waals surface area contributed by atoms with Gasteiger partial charge in [0.15, 0.2) is 0 Å². The van der Waals surface area contributed by atoms with Crippen LogP contribution in [0.1, 0.15) is 23.9 Å². The number of para-hydroxylation sites is 2. The zero-order valence-corrected chi connectivity index (χ0v) is 19.4. The topological polar surface area (TPSA) is 53.4 Å². The van der Waals surface area contributed by atoms with Crippen molar-refractivity contribution in [3.63, 3.8) is 0 Å². The van der Waals surface area contributed by atoms with E-state index in [-0.39, 0.29) is 11.7 Å². The molecule has 0 radical (unpaired) electrons. The number of benzene rings is 2. The summed E-state index contributed by atoms with van der Waals surface area (Å²) in [4.78, 5) is 17.5. The van der Waals surface area contributed by atoms with Gasteiger partial charge in [0.25, 0.3) is 0 Å². The number of hydrogen-bond acceptors (Lipinski definition) is 4. The number of rotatable bonds is 6. The van der Waals surface area contributed by atoms with Gasteiger partial charge in [0, 0.05) is 43.5 Å². The van der Waals surface area contributed by atoms with E-state index in [0.29, 0.717) is 0 Å². The minimum absolute atomic E-state index is 0.192. The maximum atomic E-state index is 13.3. The number of piperazine rings is 1. The predicted molar refractivity (Wildman–Crippen MR) is 131 cm³/mol. The number of hydrogen-bond donors (Lipinski definition) is 1. The van der Waals surface area contributed by atoms with Gasteiger partial charge < -0.3 is 15.1 Å². The number of aryl methyl sites for hydroxylation is 1. The van der Waals surface area contributed by atoms with Gasteiger partial charge in [0.05, 0.1) is 22.8 Å². The molecule has 1 N–H and O–H groups in total. The van der Waals surface area contributed by atoms with E-state index in [2.05, 4.69) is 33.2 Å². The van der Waals surface area contributed by atoms with Crippen LogP contribution in [0.2, 0.25) is 0 Å². The molecule has 0 bridgehead atoms. The maximum Gasteiger partial charge on any atom is 0.248 e. The third-order valence-electron chi connectivity index (χ3n) is 6.14. The van der Waals surface area contributed by atoms with E-state index in [1.54, 1.807) is 22.9 Å². The van der Waals surface area contributed by atoms with Crippen LogP contribution in [-0.4, -0.2) is 53.3 Å². The summed E-state index contributed by atoms with van der Waals surface area (Å²) in [7, 11) is 0. The highest BCUT2D eigenvalue weighted by Gasteiger charge is 2.18. The molecule has 2 heterocycles. The van der Waals surface area contributed by atoms with Crippen LogP contribution in [0, 0.1) is 19.7 Å². The van der Waals surface area contributed by atoms with Gasteiger partial charge in [0.2, 0.25) is 5.91 Å². The van der Waals surface area contributed by atoms with Gasteiger partial charge in [-0.05, 0) is 62.9 Å². The van der Waals surface area contributed by atoms with Crippen LogP contribution in [0.25, 0.3) is 11.8 Å². The number of amides is 1. The van der Waals surface area contributed by atoms with Crippen LogP contribution in [-0.2, 0) is 4.79 Å². The Morgan fingerprint density at radius 2 is 1.76 bits per heavy atom. The van der Waals surface area contributed by atoms with Crippen molar-refractivity contribution < 1.29 is 9.18 Å². The van der Waals surface area contributed by atoms with Crippen molar-refractivity contribution in [2.75, 3.05) is 42.9 Å². The first-order chi connectivity index (χ1) is 16.0. The SMILES string of the molecule is CCN1CCN(c2ccccc2NC(=O)/C=C/c2c(C)nn(-c3ccc(F)cc3)c2C)CC1. The van der Waals surface area contributed by atoms with Crippen LogP contribution < -0.4 is 10.2 Å². The summed E-state index contributed by atoms with van der Waals surface area (Å²) in [5.74, 6) is -0.479. The van der Waals surface area contributed by atoms with Gasteiger partial charge in [-0.1, -0.05) is 19.1 Å². The van der Waals surface area contributed by atoms with Crippen molar-refractivity contribution >= 4 is 23.4 Å². The Bertz CT molecular complexity index is 1140. The minimum Gasteiger partial charge on any atom is -0.367 e. The molecular formula is C26H30FN5O.